The molecular formula is C11H15ClN2O. The van der Waals surface area contributed by atoms with Crippen LogP contribution in [0.4, 0.5) is 0 Å². The molecule has 0 amide bonds. The molecule has 1 aromatic rings. The molecule has 0 bridgehead atoms. The van der Waals surface area contributed by atoms with E-state index in [1.165, 1.54) is 19.3 Å². The molecule has 2 heterocycles. The molecule has 4 heteroatoms. The number of piperidine rings is 1. The van der Waals surface area contributed by atoms with Crippen LogP contribution in [0, 0.1) is 0 Å². The molecule has 0 aliphatic carbocycles. The van der Waals surface area contributed by atoms with Crippen LogP contribution >= 0.6 is 11.6 Å². The number of aromatic nitrogens is 1. The van der Waals surface area contributed by atoms with Gasteiger partial charge in [-0.25, -0.2) is 4.98 Å². The van der Waals surface area contributed by atoms with Gasteiger partial charge in [-0.3, -0.25) is 0 Å². The molecule has 1 aliphatic heterocycles. The van der Waals surface area contributed by atoms with Gasteiger partial charge in [0.05, 0.1) is 5.02 Å². The normalized spacial score (nSPS) is 21.3. The van der Waals surface area contributed by atoms with Gasteiger partial charge in [-0.15, -0.1) is 0 Å². The lowest BCUT2D eigenvalue weighted by molar-refractivity contribution is 0.232. The number of ether oxygens (including phenoxy) is 1. The van der Waals surface area contributed by atoms with Crippen molar-refractivity contribution < 1.29 is 4.74 Å². The number of halogens is 1. The van der Waals surface area contributed by atoms with Crippen LogP contribution in [0.15, 0.2) is 18.3 Å². The summed E-state index contributed by atoms with van der Waals surface area (Å²) >= 11 is 5.73. The molecule has 1 N–H and O–H groups in total. The highest BCUT2D eigenvalue weighted by atomic mass is 35.5. The van der Waals surface area contributed by atoms with Crippen LogP contribution in [0.2, 0.25) is 5.02 Å². The van der Waals surface area contributed by atoms with E-state index >= 15 is 0 Å². The van der Waals surface area contributed by atoms with Gasteiger partial charge in [0.15, 0.2) is 0 Å². The van der Waals surface area contributed by atoms with Crippen molar-refractivity contribution in [3.63, 3.8) is 0 Å². The summed E-state index contributed by atoms with van der Waals surface area (Å²) in [5.74, 6) is 0.645. The number of hydrogen-bond acceptors (Lipinski definition) is 3. The second kappa shape index (κ2) is 5.33. The van der Waals surface area contributed by atoms with E-state index in [0.717, 1.165) is 6.54 Å². The second-order valence-electron chi connectivity index (χ2n) is 3.77. The molecule has 2 rings (SSSR count). The third-order valence-corrected chi connectivity index (χ3v) is 2.77. The van der Waals surface area contributed by atoms with Crippen LogP contribution in [0.5, 0.6) is 5.88 Å². The van der Waals surface area contributed by atoms with Crippen molar-refractivity contribution in [2.45, 2.75) is 25.3 Å². The fourth-order valence-electron chi connectivity index (χ4n) is 1.70. The molecule has 1 aromatic heterocycles. The fraction of sp³-hybridized carbons (Fsp3) is 0.545. The van der Waals surface area contributed by atoms with Crippen LogP contribution < -0.4 is 10.1 Å². The van der Waals surface area contributed by atoms with E-state index < -0.39 is 0 Å². The second-order valence-corrected chi connectivity index (χ2v) is 4.21. The first-order valence-corrected chi connectivity index (χ1v) is 5.70. The summed E-state index contributed by atoms with van der Waals surface area (Å²) in [6.45, 7) is 1.79. The highest BCUT2D eigenvalue weighted by Crippen LogP contribution is 2.13. The molecule has 1 aliphatic rings. The van der Waals surface area contributed by atoms with E-state index in [-0.39, 0.29) is 0 Å². The molecule has 0 radical (unpaired) electrons. The molecule has 1 atom stereocenters. The SMILES string of the molecule is Clc1ccc(OCC2CCCCN2)nc1. The van der Waals surface area contributed by atoms with Crippen molar-refractivity contribution in [2.75, 3.05) is 13.2 Å². The molecule has 82 valence electrons. The van der Waals surface area contributed by atoms with Crippen molar-refractivity contribution >= 4 is 11.6 Å². The highest BCUT2D eigenvalue weighted by Gasteiger charge is 2.12. The number of nitrogens with one attached hydrogen (secondary N) is 1. The van der Waals surface area contributed by atoms with Crippen LogP contribution in [-0.4, -0.2) is 24.2 Å². The summed E-state index contributed by atoms with van der Waals surface area (Å²) in [6.07, 6.45) is 5.35. The zero-order valence-electron chi connectivity index (χ0n) is 8.58. The van der Waals surface area contributed by atoms with Crippen LogP contribution in [0.1, 0.15) is 19.3 Å². The Kier molecular flexibility index (Phi) is 3.80. The van der Waals surface area contributed by atoms with Gasteiger partial charge in [0.1, 0.15) is 6.61 Å². The Labute approximate surface area is 94.8 Å². The Morgan fingerprint density at radius 3 is 3.07 bits per heavy atom. The predicted octanol–water partition coefficient (Wildman–Crippen LogP) is 2.26. The third-order valence-electron chi connectivity index (χ3n) is 2.55. The summed E-state index contributed by atoms with van der Waals surface area (Å²) in [6, 6.07) is 4.06. The first-order chi connectivity index (χ1) is 7.34. The van der Waals surface area contributed by atoms with Gasteiger partial charge in [-0.1, -0.05) is 18.0 Å². The number of nitrogens with zero attached hydrogens (tertiary/aromatic N) is 1. The Balaban J connectivity index is 1.79. The monoisotopic (exact) mass is 226 g/mol. The fourth-order valence-corrected chi connectivity index (χ4v) is 1.81. The van der Waals surface area contributed by atoms with E-state index in [1.54, 1.807) is 18.3 Å². The molecular weight excluding hydrogens is 212 g/mol. The smallest absolute Gasteiger partial charge is 0.213 e. The van der Waals surface area contributed by atoms with Crippen molar-refractivity contribution in [1.29, 1.82) is 0 Å². The van der Waals surface area contributed by atoms with Crippen molar-refractivity contribution in [3.05, 3.63) is 23.4 Å². The molecule has 0 aromatic carbocycles. The van der Waals surface area contributed by atoms with Gasteiger partial charge in [0, 0.05) is 18.3 Å². The Morgan fingerprint density at radius 2 is 2.40 bits per heavy atom. The third kappa shape index (κ3) is 3.36. The largest absolute Gasteiger partial charge is 0.476 e. The molecule has 1 fully saturated rings. The average molecular weight is 227 g/mol. The maximum Gasteiger partial charge on any atom is 0.213 e. The molecule has 1 unspecified atom stereocenters. The Bertz CT molecular complexity index is 296. The predicted molar refractivity (Wildman–Crippen MR) is 60.4 cm³/mol. The van der Waals surface area contributed by atoms with Gasteiger partial charge < -0.3 is 10.1 Å². The van der Waals surface area contributed by atoms with Crippen LogP contribution in [0.3, 0.4) is 0 Å². The zero-order valence-corrected chi connectivity index (χ0v) is 9.33. The van der Waals surface area contributed by atoms with Gasteiger partial charge in [-0.05, 0) is 25.5 Å². The van der Waals surface area contributed by atoms with E-state index in [4.69, 9.17) is 16.3 Å². The number of hydrogen-bond donors (Lipinski definition) is 1. The summed E-state index contributed by atoms with van der Waals surface area (Å²) in [4.78, 5) is 4.08. The van der Waals surface area contributed by atoms with Gasteiger partial charge in [0.2, 0.25) is 5.88 Å². The van der Waals surface area contributed by atoms with E-state index in [1.807, 2.05) is 0 Å². The van der Waals surface area contributed by atoms with Crippen molar-refractivity contribution in [1.82, 2.24) is 10.3 Å². The summed E-state index contributed by atoms with van der Waals surface area (Å²) in [5.41, 5.74) is 0. The lowest BCUT2D eigenvalue weighted by Crippen LogP contribution is -2.38. The quantitative estimate of drug-likeness (QED) is 0.859. The molecule has 0 spiro atoms. The minimum atomic E-state index is 0.469. The minimum Gasteiger partial charge on any atom is -0.476 e. The van der Waals surface area contributed by atoms with Crippen molar-refractivity contribution in [2.24, 2.45) is 0 Å². The Hall–Kier alpha value is -0.800. The Morgan fingerprint density at radius 1 is 1.47 bits per heavy atom. The summed E-state index contributed by atoms with van der Waals surface area (Å²) in [7, 11) is 0. The van der Waals surface area contributed by atoms with E-state index in [9.17, 15) is 0 Å². The zero-order chi connectivity index (χ0) is 10.5. The summed E-state index contributed by atoms with van der Waals surface area (Å²) in [5, 5.41) is 4.06. The first kappa shape index (κ1) is 10.7. The first-order valence-electron chi connectivity index (χ1n) is 5.32. The lowest BCUT2D eigenvalue weighted by Gasteiger charge is -2.23. The maximum atomic E-state index is 5.73. The molecule has 1 saturated heterocycles. The van der Waals surface area contributed by atoms with Crippen LogP contribution in [0.25, 0.3) is 0 Å². The van der Waals surface area contributed by atoms with Gasteiger partial charge in [0.25, 0.3) is 0 Å². The van der Waals surface area contributed by atoms with Gasteiger partial charge >= 0.3 is 0 Å². The standard InChI is InChI=1S/C11H15ClN2O/c12-9-4-5-11(14-7-9)15-8-10-3-1-2-6-13-10/h4-5,7,10,13H,1-3,6,8H2. The van der Waals surface area contributed by atoms with Crippen molar-refractivity contribution in [3.8, 4) is 5.88 Å². The van der Waals surface area contributed by atoms with E-state index in [2.05, 4.69) is 10.3 Å². The molecule has 0 saturated carbocycles. The lowest BCUT2D eigenvalue weighted by atomic mass is 10.1. The van der Waals surface area contributed by atoms with Crippen LogP contribution in [-0.2, 0) is 0 Å². The highest BCUT2D eigenvalue weighted by molar-refractivity contribution is 6.30. The van der Waals surface area contributed by atoms with E-state index in [0.29, 0.717) is 23.6 Å². The summed E-state index contributed by atoms with van der Waals surface area (Å²) < 4.78 is 5.57. The minimum absolute atomic E-state index is 0.469. The average Bonchev–Trinajstić information content (AvgIpc) is 2.30. The topological polar surface area (TPSA) is 34.1 Å². The number of pyridine rings is 1. The number of rotatable bonds is 3. The van der Waals surface area contributed by atoms with Gasteiger partial charge in [-0.2, -0.15) is 0 Å². The molecule has 3 nitrogen and oxygen atoms in total. The molecule has 15 heavy (non-hydrogen) atoms. The maximum absolute atomic E-state index is 5.73.